The van der Waals surface area contributed by atoms with E-state index in [1.54, 1.807) is 7.11 Å². The summed E-state index contributed by atoms with van der Waals surface area (Å²) in [6.45, 7) is 11.0. The van der Waals surface area contributed by atoms with Crippen molar-refractivity contribution in [3.05, 3.63) is 29.3 Å². The first-order valence-corrected chi connectivity index (χ1v) is 8.70. The van der Waals surface area contributed by atoms with Crippen molar-refractivity contribution in [3.63, 3.8) is 0 Å². The zero-order valence-corrected chi connectivity index (χ0v) is 15.1. The third-order valence-electron chi connectivity index (χ3n) is 5.11. The van der Waals surface area contributed by atoms with E-state index in [1.165, 1.54) is 11.1 Å². The highest BCUT2D eigenvalue weighted by Gasteiger charge is 2.37. The van der Waals surface area contributed by atoms with Crippen LogP contribution in [0.4, 0.5) is 0 Å². The Bertz CT molecular complexity index is 528. The largest absolute Gasteiger partial charge is 0.497 e. The molecule has 0 spiro atoms. The molecule has 122 valence electrons. The minimum absolute atomic E-state index is 0.134. The molecule has 1 aromatic carbocycles. The van der Waals surface area contributed by atoms with Crippen molar-refractivity contribution in [2.24, 2.45) is 0 Å². The van der Waals surface area contributed by atoms with Crippen LogP contribution in [0.3, 0.4) is 0 Å². The van der Waals surface area contributed by atoms with Gasteiger partial charge in [-0.15, -0.1) is 0 Å². The molecular weight excluding hydrogens is 292 g/mol. The lowest BCUT2D eigenvalue weighted by atomic mass is 9.71. The summed E-state index contributed by atoms with van der Waals surface area (Å²) in [5, 5.41) is 3.45. The average Bonchev–Trinajstić information content (AvgIpc) is 2.57. The Hall–Kier alpha value is -1.13. The van der Waals surface area contributed by atoms with Crippen molar-refractivity contribution in [2.45, 2.75) is 39.0 Å². The lowest BCUT2D eigenvalue weighted by molar-refractivity contribution is 0.249. The topological polar surface area (TPSA) is 24.5 Å². The second-order valence-electron chi connectivity index (χ2n) is 6.00. The highest BCUT2D eigenvalue weighted by atomic mass is 32.1. The summed E-state index contributed by atoms with van der Waals surface area (Å²) in [6.07, 6.45) is 2.24. The number of rotatable bonds is 7. The number of hydrogen-bond donors (Lipinski definition) is 1. The van der Waals surface area contributed by atoms with Crippen LogP contribution >= 0.6 is 12.2 Å². The van der Waals surface area contributed by atoms with Gasteiger partial charge in [-0.2, -0.15) is 0 Å². The number of fused-ring (bicyclic) bond motifs is 1. The smallest absolute Gasteiger partial charge is 0.119 e. The van der Waals surface area contributed by atoms with E-state index in [0.29, 0.717) is 0 Å². The first kappa shape index (κ1) is 17.2. The molecule has 1 aromatic rings. The first-order chi connectivity index (χ1) is 10.6. The van der Waals surface area contributed by atoms with E-state index < -0.39 is 0 Å². The van der Waals surface area contributed by atoms with Gasteiger partial charge in [0.05, 0.1) is 7.11 Å². The molecule has 1 aliphatic rings. The number of benzene rings is 1. The maximum Gasteiger partial charge on any atom is 0.119 e. The average molecular weight is 321 g/mol. The molecule has 1 aliphatic heterocycles. The zero-order valence-electron chi connectivity index (χ0n) is 14.2. The molecular formula is C18H28N2OS. The number of methoxy groups -OCH3 is 1. The van der Waals surface area contributed by atoms with Crippen LogP contribution < -0.4 is 10.1 Å². The third kappa shape index (κ3) is 3.28. The molecule has 1 N–H and O–H groups in total. The molecule has 1 atom stereocenters. The summed E-state index contributed by atoms with van der Waals surface area (Å²) in [5.41, 5.74) is 2.66. The predicted octanol–water partition coefficient (Wildman–Crippen LogP) is 3.35. The van der Waals surface area contributed by atoms with Crippen molar-refractivity contribution in [1.29, 1.82) is 0 Å². The van der Waals surface area contributed by atoms with E-state index >= 15 is 0 Å². The molecule has 0 radical (unpaired) electrons. The molecule has 0 fully saturated rings. The van der Waals surface area contributed by atoms with Gasteiger partial charge in [0.2, 0.25) is 0 Å². The Morgan fingerprint density at radius 1 is 1.27 bits per heavy atom. The molecule has 0 amide bonds. The highest BCUT2D eigenvalue weighted by molar-refractivity contribution is 7.80. The monoisotopic (exact) mass is 320 g/mol. The van der Waals surface area contributed by atoms with Crippen LogP contribution in [0, 0.1) is 0 Å². The van der Waals surface area contributed by atoms with E-state index in [0.717, 1.165) is 49.8 Å². The summed E-state index contributed by atoms with van der Waals surface area (Å²) in [5.74, 6) is 0.920. The van der Waals surface area contributed by atoms with Gasteiger partial charge in [0.1, 0.15) is 10.7 Å². The van der Waals surface area contributed by atoms with Gasteiger partial charge in [0.15, 0.2) is 0 Å². The molecule has 0 saturated carbocycles. The van der Waals surface area contributed by atoms with Crippen LogP contribution in [-0.4, -0.2) is 43.2 Å². The van der Waals surface area contributed by atoms with Crippen molar-refractivity contribution in [1.82, 2.24) is 10.2 Å². The maximum atomic E-state index is 5.51. The summed E-state index contributed by atoms with van der Waals surface area (Å²) in [4.78, 5) is 3.36. The Kier molecular flexibility index (Phi) is 5.81. The van der Waals surface area contributed by atoms with Crippen LogP contribution in [-0.2, 0) is 5.41 Å². The molecule has 4 heteroatoms. The van der Waals surface area contributed by atoms with E-state index in [9.17, 15) is 0 Å². The molecule has 0 aliphatic carbocycles. The van der Waals surface area contributed by atoms with Crippen LogP contribution in [0.2, 0.25) is 0 Å². The van der Waals surface area contributed by atoms with Gasteiger partial charge in [-0.1, -0.05) is 33.0 Å². The molecule has 1 heterocycles. The summed E-state index contributed by atoms with van der Waals surface area (Å²) in [7, 11) is 1.73. The quantitative estimate of drug-likeness (QED) is 0.779. The molecule has 1 unspecified atom stereocenters. The van der Waals surface area contributed by atoms with Crippen LogP contribution in [0.25, 0.3) is 0 Å². The standard InChI is InChI=1S/C18H28N2OS/c1-5-18(10-11-20(6-2)7-3)13-19-17(22)15-9-8-14(21-4)12-16(15)18/h8-9,12H,5-7,10-11,13H2,1-4H3,(H,19,22). The lowest BCUT2D eigenvalue weighted by Crippen LogP contribution is -2.47. The van der Waals surface area contributed by atoms with E-state index in [-0.39, 0.29) is 5.41 Å². The van der Waals surface area contributed by atoms with Crippen molar-refractivity contribution in [2.75, 3.05) is 33.3 Å². The number of ether oxygens (including phenoxy) is 1. The van der Waals surface area contributed by atoms with Gasteiger partial charge < -0.3 is 15.0 Å². The minimum Gasteiger partial charge on any atom is -0.497 e. The lowest BCUT2D eigenvalue weighted by Gasteiger charge is -2.41. The molecule has 22 heavy (non-hydrogen) atoms. The van der Waals surface area contributed by atoms with Gasteiger partial charge >= 0.3 is 0 Å². The minimum atomic E-state index is 0.134. The van der Waals surface area contributed by atoms with Gasteiger partial charge in [-0.3, -0.25) is 0 Å². The number of hydrogen-bond acceptors (Lipinski definition) is 3. The third-order valence-corrected chi connectivity index (χ3v) is 5.47. The molecule has 2 rings (SSSR count). The molecule has 0 saturated heterocycles. The fourth-order valence-electron chi connectivity index (χ4n) is 3.35. The molecule has 0 aromatic heterocycles. The number of nitrogens with zero attached hydrogens (tertiary/aromatic N) is 1. The SMILES string of the molecule is CCN(CC)CCC1(CC)CNC(=S)c2ccc(OC)cc21. The fourth-order valence-corrected chi connectivity index (χ4v) is 3.60. The first-order valence-electron chi connectivity index (χ1n) is 8.29. The second kappa shape index (κ2) is 7.42. The maximum absolute atomic E-state index is 5.51. The van der Waals surface area contributed by atoms with Crippen molar-refractivity contribution < 1.29 is 4.74 Å². The predicted molar refractivity (Wildman–Crippen MR) is 97.1 cm³/mol. The molecule has 0 bridgehead atoms. The Labute approximate surface area is 140 Å². The van der Waals surface area contributed by atoms with Crippen molar-refractivity contribution >= 4 is 17.2 Å². The molecule has 3 nitrogen and oxygen atoms in total. The van der Waals surface area contributed by atoms with E-state index in [4.69, 9.17) is 17.0 Å². The Balaban J connectivity index is 2.36. The Morgan fingerprint density at radius 2 is 2.00 bits per heavy atom. The summed E-state index contributed by atoms with van der Waals surface area (Å²) >= 11 is 5.51. The fraction of sp³-hybridized carbons (Fsp3) is 0.611. The van der Waals surface area contributed by atoms with Gasteiger partial charge in [-0.25, -0.2) is 0 Å². The van der Waals surface area contributed by atoms with Crippen molar-refractivity contribution in [3.8, 4) is 5.75 Å². The Morgan fingerprint density at radius 3 is 2.59 bits per heavy atom. The van der Waals surface area contributed by atoms with Crippen LogP contribution in [0.1, 0.15) is 44.7 Å². The normalized spacial score (nSPS) is 20.7. The zero-order chi connectivity index (χ0) is 16.2. The number of thiocarbonyl (C=S) groups is 1. The highest BCUT2D eigenvalue weighted by Crippen LogP contribution is 2.38. The van der Waals surface area contributed by atoms with Gasteiger partial charge in [-0.05, 0) is 56.2 Å². The number of nitrogens with one attached hydrogen (secondary N) is 1. The van der Waals surface area contributed by atoms with Gasteiger partial charge in [0.25, 0.3) is 0 Å². The summed E-state index contributed by atoms with van der Waals surface area (Å²) in [6, 6.07) is 6.29. The van der Waals surface area contributed by atoms with Crippen LogP contribution in [0.15, 0.2) is 18.2 Å². The van der Waals surface area contributed by atoms with Crippen LogP contribution in [0.5, 0.6) is 5.75 Å². The van der Waals surface area contributed by atoms with E-state index in [2.05, 4.69) is 43.1 Å². The van der Waals surface area contributed by atoms with Gasteiger partial charge in [0, 0.05) is 17.5 Å². The van der Waals surface area contributed by atoms with E-state index in [1.807, 2.05) is 6.07 Å². The summed E-state index contributed by atoms with van der Waals surface area (Å²) < 4.78 is 5.45. The second-order valence-corrected chi connectivity index (χ2v) is 6.41.